The SMILES string of the molecule is CCCCc1ccc(NC2=Nc3ccccc3N3C2=Nc2c(c(C)nn2-c2ccccc2)C3c2ccc(Cl)c(Cl)c2)cc1. The van der Waals surface area contributed by atoms with Gasteiger partial charge >= 0.3 is 0 Å². The van der Waals surface area contributed by atoms with Crippen LogP contribution in [0.5, 0.6) is 0 Å². The molecule has 7 rings (SSSR count). The van der Waals surface area contributed by atoms with Gasteiger partial charge in [-0.2, -0.15) is 5.10 Å². The molecule has 1 unspecified atom stereocenters. The second kappa shape index (κ2) is 11.4. The van der Waals surface area contributed by atoms with Crippen molar-refractivity contribution in [2.24, 2.45) is 9.98 Å². The monoisotopic (exact) mass is 604 g/mol. The number of rotatable bonds is 6. The minimum Gasteiger partial charge on any atom is -0.337 e. The van der Waals surface area contributed by atoms with E-state index >= 15 is 0 Å². The van der Waals surface area contributed by atoms with Crippen LogP contribution in [0.2, 0.25) is 10.0 Å². The van der Waals surface area contributed by atoms with E-state index in [1.54, 1.807) is 0 Å². The molecule has 1 atom stereocenters. The van der Waals surface area contributed by atoms with E-state index in [9.17, 15) is 0 Å². The molecule has 0 radical (unpaired) electrons. The first kappa shape index (κ1) is 27.4. The lowest BCUT2D eigenvalue weighted by Crippen LogP contribution is -2.46. The van der Waals surface area contributed by atoms with E-state index in [1.807, 2.05) is 78.3 Å². The summed E-state index contributed by atoms with van der Waals surface area (Å²) in [5.74, 6) is 2.12. The van der Waals surface area contributed by atoms with E-state index in [2.05, 4.69) is 47.5 Å². The Balaban J connectivity index is 1.43. The molecule has 2 aliphatic rings. The third kappa shape index (κ3) is 5.01. The fourth-order valence-corrected chi connectivity index (χ4v) is 6.12. The van der Waals surface area contributed by atoms with Crippen LogP contribution in [0, 0.1) is 6.92 Å². The number of nitrogens with zero attached hydrogens (tertiary/aromatic N) is 5. The number of hydrogen-bond acceptors (Lipinski definition) is 5. The number of aliphatic imine (C=N–C) groups is 2. The normalized spacial score (nSPS) is 15.3. The van der Waals surface area contributed by atoms with Gasteiger partial charge in [-0.05, 0) is 79.4 Å². The Kier molecular flexibility index (Phi) is 7.25. The lowest BCUT2D eigenvalue weighted by atomic mass is 9.93. The molecule has 3 heterocycles. The minimum atomic E-state index is -0.278. The van der Waals surface area contributed by atoms with E-state index in [-0.39, 0.29) is 6.04 Å². The number of unbranched alkanes of at least 4 members (excludes halogenated alkanes) is 1. The van der Waals surface area contributed by atoms with Gasteiger partial charge in [0.1, 0.15) is 0 Å². The summed E-state index contributed by atoms with van der Waals surface area (Å²) in [5, 5.41) is 9.60. The number of fused-ring (bicyclic) bond motifs is 4. The number of aromatic nitrogens is 2. The number of para-hydroxylation sites is 3. The lowest BCUT2D eigenvalue weighted by molar-refractivity contribution is 0.795. The van der Waals surface area contributed by atoms with Gasteiger partial charge in [-0.3, -0.25) is 0 Å². The molecule has 1 N–H and O–H groups in total. The van der Waals surface area contributed by atoms with Crippen LogP contribution < -0.4 is 10.2 Å². The van der Waals surface area contributed by atoms with Crippen molar-refractivity contribution < 1.29 is 0 Å². The molecule has 6 nitrogen and oxygen atoms in total. The molecule has 0 fully saturated rings. The highest BCUT2D eigenvalue weighted by molar-refractivity contribution is 6.51. The first-order valence-corrected chi connectivity index (χ1v) is 15.3. The van der Waals surface area contributed by atoms with Gasteiger partial charge in [-0.25, -0.2) is 14.7 Å². The summed E-state index contributed by atoms with van der Waals surface area (Å²) in [5.41, 5.74) is 7.88. The van der Waals surface area contributed by atoms with Crippen LogP contribution in [-0.2, 0) is 6.42 Å². The van der Waals surface area contributed by atoms with Crippen molar-refractivity contribution in [1.29, 1.82) is 0 Å². The Hall–Kier alpha value is -4.39. The molecule has 43 heavy (non-hydrogen) atoms. The fourth-order valence-electron chi connectivity index (χ4n) is 5.82. The molecule has 0 saturated heterocycles. The predicted octanol–water partition coefficient (Wildman–Crippen LogP) is 9.63. The molecule has 4 aromatic carbocycles. The van der Waals surface area contributed by atoms with Gasteiger partial charge in [-0.1, -0.05) is 85.1 Å². The fraction of sp³-hybridized carbons (Fsp3) is 0.171. The molecule has 2 aliphatic heterocycles. The van der Waals surface area contributed by atoms with Crippen molar-refractivity contribution in [3.63, 3.8) is 0 Å². The highest BCUT2D eigenvalue weighted by Crippen LogP contribution is 2.48. The number of anilines is 2. The van der Waals surface area contributed by atoms with Crippen LogP contribution in [0.3, 0.4) is 0 Å². The van der Waals surface area contributed by atoms with Crippen molar-refractivity contribution in [3.8, 4) is 5.69 Å². The van der Waals surface area contributed by atoms with Gasteiger partial charge in [0.15, 0.2) is 17.5 Å². The van der Waals surface area contributed by atoms with Gasteiger partial charge in [0.05, 0.1) is 38.8 Å². The molecular weight excluding hydrogens is 575 g/mol. The zero-order valence-corrected chi connectivity index (χ0v) is 25.4. The number of hydrogen-bond donors (Lipinski definition) is 1. The van der Waals surface area contributed by atoms with Gasteiger partial charge in [-0.15, -0.1) is 0 Å². The maximum Gasteiger partial charge on any atom is 0.179 e. The van der Waals surface area contributed by atoms with Crippen LogP contribution >= 0.6 is 23.2 Å². The maximum atomic E-state index is 6.62. The summed E-state index contributed by atoms with van der Waals surface area (Å²) in [6.45, 7) is 4.25. The second-order valence-corrected chi connectivity index (χ2v) is 11.6. The molecule has 1 aromatic heterocycles. The molecule has 0 bridgehead atoms. The highest BCUT2D eigenvalue weighted by Gasteiger charge is 2.41. The number of nitrogens with one attached hydrogen (secondary N) is 1. The Bertz CT molecular complexity index is 1870. The molecule has 0 amide bonds. The zero-order chi connectivity index (χ0) is 29.5. The van der Waals surface area contributed by atoms with Crippen molar-refractivity contribution in [3.05, 3.63) is 129 Å². The maximum absolute atomic E-state index is 6.62. The van der Waals surface area contributed by atoms with Crippen LogP contribution in [-0.4, -0.2) is 21.5 Å². The summed E-state index contributed by atoms with van der Waals surface area (Å²) >= 11 is 13.0. The largest absolute Gasteiger partial charge is 0.337 e. The topological polar surface area (TPSA) is 57.8 Å². The molecule has 0 spiro atoms. The summed E-state index contributed by atoms with van der Waals surface area (Å²) in [6, 6.07) is 32.4. The molecular formula is C35H30Cl2N6. The quantitative estimate of drug-likeness (QED) is 0.210. The second-order valence-electron chi connectivity index (χ2n) is 10.8. The molecule has 5 aromatic rings. The zero-order valence-electron chi connectivity index (χ0n) is 23.9. The molecule has 8 heteroatoms. The first-order valence-electron chi connectivity index (χ1n) is 14.5. The third-order valence-electron chi connectivity index (χ3n) is 7.93. The highest BCUT2D eigenvalue weighted by atomic mass is 35.5. The number of aryl methyl sites for hydroxylation is 2. The van der Waals surface area contributed by atoms with Crippen molar-refractivity contribution in [2.75, 3.05) is 10.2 Å². The molecule has 0 aliphatic carbocycles. The van der Waals surface area contributed by atoms with Crippen LogP contribution in [0.1, 0.15) is 48.2 Å². The van der Waals surface area contributed by atoms with Gasteiger partial charge in [0, 0.05) is 11.3 Å². The van der Waals surface area contributed by atoms with Crippen molar-refractivity contribution in [2.45, 2.75) is 39.2 Å². The average Bonchev–Trinajstić information content (AvgIpc) is 3.37. The first-order chi connectivity index (χ1) is 21.0. The Labute approximate surface area is 261 Å². The van der Waals surface area contributed by atoms with Gasteiger partial charge in [0.2, 0.25) is 0 Å². The third-order valence-corrected chi connectivity index (χ3v) is 8.67. The summed E-state index contributed by atoms with van der Waals surface area (Å²) in [4.78, 5) is 12.6. The smallest absolute Gasteiger partial charge is 0.179 e. The lowest BCUT2D eigenvalue weighted by Gasteiger charge is -2.40. The summed E-state index contributed by atoms with van der Waals surface area (Å²) in [6.07, 6.45) is 3.42. The van der Waals surface area contributed by atoms with Crippen molar-refractivity contribution >= 4 is 57.8 Å². The molecule has 214 valence electrons. The van der Waals surface area contributed by atoms with E-state index in [0.29, 0.717) is 21.7 Å². The molecule has 0 saturated carbocycles. The van der Waals surface area contributed by atoms with E-state index in [1.165, 1.54) is 18.4 Å². The van der Waals surface area contributed by atoms with Crippen LogP contribution in [0.15, 0.2) is 107 Å². The van der Waals surface area contributed by atoms with E-state index < -0.39 is 0 Å². The number of amidine groups is 2. The predicted molar refractivity (Wildman–Crippen MR) is 178 cm³/mol. The standard InChI is InChI=1S/C35H30Cl2N6/c1-3-4-10-23-15-18-25(19-16-23)38-33-35-40-34-31(22(2)41-43(34)26-11-6-5-7-12-26)32(24-17-20-27(36)28(37)21-24)42(35)30-14-9-8-13-29(30)39-33/h5-9,11-21,32H,3-4,10H2,1-2H3,(H,38,39). The Morgan fingerprint density at radius 2 is 1.60 bits per heavy atom. The van der Waals surface area contributed by atoms with Gasteiger partial charge in [0.25, 0.3) is 0 Å². The van der Waals surface area contributed by atoms with Gasteiger partial charge < -0.3 is 10.2 Å². The number of halogens is 2. The van der Waals surface area contributed by atoms with Crippen LogP contribution in [0.25, 0.3) is 5.69 Å². The summed E-state index contributed by atoms with van der Waals surface area (Å²) < 4.78 is 1.92. The summed E-state index contributed by atoms with van der Waals surface area (Å²) in [7, 11) is 0. The Morgan fingerprint density at radius 1 is 0.837 bits per heavy atom. The van der Waals surface area contributed by atoms with E-state index in [0.717, 1.165) is 51.8 Å². The minimum absolute atomic E-state index is 0.278. The average molecular weight is 606 g/mol. The van der Waals surface area contributed by atoms with E-state index in [4.69, 9.17) is 38.3 Å². The number of benzene rings is 4. The van der Waals surface area contributed by atoms with Crippen LogP contribution in [0.4, 0.5) is 22.9 Å². The van der Waals surface area contributed by atoms with Crippen molar-refractivity contribution in [1.82, 2.24) is 9.78 Å². The Morgan fingerprint density at radius 3 is 2.37 bits per heavy atom.